The zero-order valence-corrected chi connectivity index (χ0v) is 6.39. The van der Waals surface area contributed by atoms with Crippen LogP contribution in [-0.2, 0) is 9.59 Å². The maximum Gasteiger partial charge on any atom is 0.314 e. The van der Waals surface area contributed by atoms with Gasteiger partial charge in [0.05, 0.1) is 5.88 Å². The minimum absolute atomic E-state index is 0.217. The van der Waals surface area contributed by atoms with Gasteiger partial charge in [0.15, 0.2) is 5.78 Å². The Kier molecular flexibility index (Phi) is 4.03. The van der Waals surface area contributed by atoms with Crippen LogP contribution in [0.3, 0.4) is 0 Å². The van der Waals surface area contributed by atoms with Crippen LogP contribution in [0.4, 0.5) is 0 Å². The molecule has 0 fully saturated rings. The summed E-state index contributed by atoms with van der Waals surface area (Å²) < 4.78 is 0. The van der Waals surface area contributed by atoms with Crippen LogP contribution in [0.2, 0.25) is 0 Å². The van der Waals surface area contributed by atoms with Crippen LogP contribution in [0.1, 0.15) is 13.3 Å². The van der Waals surface area contributed by atoms with Crippen LogP contribution >= 0.6 is 11.6 Å². The Bertz CT molecular complexity index is 144. The first-order valence-corrected chi connectivity index (χ1v) is 3.48. The minimum Gasteiger partial charge on any atom is -0.481 e. The fourth-order valence-corrected chi connectivity index (χ4v) is 0.819. The molecule has 0 aliphatic rings. The molecule has 1 N–H and O–H groups in total. The van der Waals surface area contributed by atoms with E-state index in [-0.39, 0.29) is 5.88 Å². The van der Waals surface area contributed by atoms with Gasteiger partial charge in [-0.05, 0) is 6.42 Å². The molecule has 0 spiro atoms. The highest BCUT2D eigenvalue weighted by molar-refractivity contribution is 6.29. The van der Waals surface area contributed by atoms with Gasteiger partial charge in [-0.3, -0.25) is 9.59 Å². The third-order valence-corrected chi connectivity index (χ3v) is 1.49. The summed E-state index contributed by atoms with van der Waals surface area (Å²) in [4.78, 5) is 20.9. The zero-order chi connectivity index (χ0) is 8.15. The molecule has 0 aromatic heterocycles. The van der Waals surface area contributed by atoms with Gasteiger partial charge in [0.25, 0.3) is 0 Å². The van der Waals surface area contributed by atoms with Crippen LogP contribution < -0.4 is 0 Å². The molecule has 0 heterocycles. The summed E-state index contributed by atoms with van der Waals surface area (Å²) in [6, 6.07) is 0. The number of alkyl halides is 1. The molecule has 0 amide bonds. The maximum atomic E-state index is 10.7. The highest BCUT2D eigenvalue weighted by atomic mass is 35.5. The molecule has 10 heavy (non-hydrogen) atoms. The van der Waals surface area contributed by atoms with E-state index in [0.29, 0.717) is 6.42 Å². The van der Waals surface area contributed by atoms with Crippen molar-refractivity contribution < 1.29 is 14.7 Å². The van der Waals surface area contributed by atoms with Crippen molar-refractivity contribution >= 4 is 23.4 Å². The molecule has 0 aromatic rings. The lowest BCUT2D eigenvalue weighted by Crippen LogP contribution is -2.23. The summed E-state index contributed by atoms with van der Waals surface area (Å²) in [5, 5.41) is 8.40. The predicted octanol–water partition coefficient (Wildman–Crippen LogP) is 0.905. The summed E-state index contributed by atoms with van der Waals surface area (Å²) in [6.07, 6.45) is 0.306. The summed E-state index contributed by atoms with van der Waals surface area (Å²) >= 11 is 5.16. The van der Waals surface area contributed by atoms with Crippen LogP contribution in [0.25, 0.3) is 0 Å². The maximum absolute atomic E-state index is 10.7. The van der Waals surface area contributed by atoms with Gasteiger partial charge in [-0.2, -0.15) is 0 Å². The van der Waals surface area contributed by atoms with E-state index >= 15 is 0 Å². The van der Waals surface area contributed by atoms with Crippen molar-refractivity contribution in [3.05, 3.63) is 0 Å². The van der Waals surface area contributed by atoms with E-state index in [1.807, 2.05) is 0 Å². The van der Waals surface area contributed by atoms with Crippen molar-refractivity contribution in [1.29, 1.82) is 0 Å². The van der Waals surface area contributed by atoms with Crippen molar-refractivity contribution in [1.82, 2.24) is 0 Å². The van der Waals surface area contributed by atoms with Crippen LogP contribution in [0.15, 0.2) is 0 Å². The fraction of sp³-hybridized carbons (Fsp3) is 0.667. The summed E-state index contributed by atoms with van der Waals surface area (Å²) in [5.41, 5.74) is 0. The Hall–Kier alpha value is -0.570. The van der Waals surface area contributed by atoms with Gasteiger partial charge in [0.2, 0.25) is 0 Å². The molecule has 1 unspecified atom stereocenters. The first-order valence-electron chi connectivity index (χ1n) is 2.95. The highest BCUT2D eigenvalue weighted by Crippen LogP contribution is 2.04. The van der Waals surface area contributed by atoms with E-state index in [4.69, 9.17) is 16.7 Å². The molecule has 1 atom stereocenters. The Balaban J connectivity index is 4.06. The van der Waals surface area contributed by atoms with E-state index in [0.717, 1.165) is 0 Å². The van der Waals surface area contributed by atoms with E-state index in [2.05, 4.69) is 0 Å². The monoisotopic (exact) mass is 164 g/mol. The molecule has 4 heteroatoms. The third-order valence-electron chi connectivity index (χ3n) is 1.23. The largest absolute Gasteiger partial charge is 0.481 e. The van der Waals surface area contributed by atoms with Gasteiger partial charge >= 0.3 is 5.97 Å². The lowest BCUT2D eigenvalue weighted by atomic mass is 10.0. The lowest BCUT2D eigenvalue weighted by Gasteiger charge is -2.03. The number of carbonyl (C=O) groups is 2. The number of hydrogen-bond acceptors (Lipinski definition) is 2. The second kappa shape index (κ2) is 4.28. The normalized spacial score (nSPS) is 12.6. The zero-order valence-electron chi connectivity index (χ0n) is 5.63. The van der Waals surface area contributed by atoms with Gasteiger partial charge in [0.1, 0.15) is 5.92 Å². The van der Waals surface area contributed by atoms with Crippen molar-refractivity contribution in [2.45, 2.75) is 13.3 Å². The van der Waals surface area contributed by atoms with Crippen molar-refractivity contribution in [2.24, 2.45) is 5.92 Å². The second-order valence-corrected chi connectivity index (χ2v) is 2.17. The number of carboxylic acid groups (broad SMARTS) is 1. The predicted molar refractivity (Wildman–Crippen MR) is 37.1 cm³/mol. The quantitative estimate of drug-likeness (QED) is 0.496. The van der Waals surface area contributed by atoms with Crippen LogP contribution in [-0.4, -0.2) is 22.7 Å². The number of aliphatic carboxylic acids is 1. The second-order valence-electron chi connectivity index (χ2n) is 1.90. The summed E-state index contributed by atoms with van der Waals surface area (Å²) in [7, 11) is 0. The topological polar surface area (TPSA) is 54.4 Å². The molecule has 0 rings (SSSR count). The summed E-state index contributed by atoms with van der Waals surface area (Å²) in [5.74, 6) is -2.65. The van der Waals surface area contributed by atoms with Gasteiger partial charge < -0.3 is 5.11 Å². The number of hydrogen-bond donors (Lipinski definition) is 1. The third kappa shape index (κ3) is 2.35. The van der Waals surface area contributed by atoms with Gasteiger partial charge in [-0.1, -0.05) is 6.92 Å². The van der Waals surface area contributed by atoms with Crippen LogP contribution in [0, 0.1) is 5.92 Å². The number of Topliss-reactive ketones (excluding diaryl/α,β-unsaturated/α-hetero) is 1. The summed E-state index contributed by atoms with van der Waals surface area (Å²) in [6.45, 7) is 1.64. The van der Waals surface area contributed by atoms with E-state index < -0.39 is 17.7 Å². The molecular weight excluding hydrogens is 156 g/mol. The average Bonchev–Trinajstić information content (AvgIpc) is 1.88. The number of rotatable bonds is 4. The molecule has 0 bridgehead atoms. The van der Waals surface area contributed by atoms with Crippen molar-refractivity contribution in [2.75, 3.05) is 5.88 Å². The fourth-order valence-electron chi connectivity index (χ4n) is 0.633. The SMILES string of the molecule is CCC(C(=O)O)C(=O)CCl. The molecular formula is C6H9ClO3. The molecule has 0 saturated carbocycles. The van der Waals surface area contributed by atoms with E-state index in [1.54, 1.807) is 6.92 Å². The number of carboxylic acids is 1. The minimum atomic E-state index is -1.09. The Labute approximate surface area is 64.0 Å². The van der Waals surface area contributed by atoms with Crippen LogP contribution in [0.5, 0.6) is 0 Å². The first kappa shape index (κ1) is 9.43. The van der Waals surface area contributed by atoms with Gasteiger partial charge in [-0.15, -0.1) is 11.6 Å². The molecule has 0 aliphatic carbocycles. The number of ketones is 1. The Morgan fingerprint density at radius 1 is 1.60 bits per heavy atom. The highest BCUT2D eigenvalue weighted by Gasteiger charge is 2.22. The first-order chi connectivity index (χ1) is 4.63. The standard InChI is InChI=1S/C6H9ClO3/c1-2-4(6(9)10)5(8)3-7/h4H,2-3H2,1H3,(H,9,10). The van der Waals surface area contributed by atoms with Crippen molar-refractivity contribution in [3.8, 4) is 0 Å². The molecule has 0 aliphatic heterocycles. The van der Waals surface area contributed by atoms with Crippen molar-refractivity contribution in [3.63, 3.8) is 0 Å². The molecule has 0 saturated heterocycles. The molecule has 58 valence electrons. The lowest BCUT2D eigenvalue weighted by molar-refractivity contribution is -0.145. The van der Waals surface area contributed by atoms with E-state index in [1.165, 1.54) is 0 Å². The number of halogens is 1. The average molecular weight is 165 g/mol. The van der Waals surface area contributed by atoms with E-state index in [9.17, 15) is 9.59 Å². The molecule has 0 radical (unpaired) electrons. The molecule has 3 nitrogen and oxygen atoms in total. The Morgan fingerprint density at radius 3 is 2.20 bits per heavy atom. The molecule has 0 aromatic carbocycles. The Morgan fingerprint density at radius 2 is 2.10 bits per heavy atom. The number of carbonyl (C=O) groups excluding carboxylic acids is 1. The van der Waals surface area contributed by atoms with Gasteiger partial charge in [-0.25, -0.2) is 0 Å². The van der Waals surface area contributed by atoms with Gasteiger partial charge in [0, 0.05) is 0 Å². The smallest absolute Gasteiger partial charge is 0.314 e.